The van der Waals surface area contributed by atoms with Gasteiger partial charge in [-0.25, -0.2) is 0 Å². The van der Waals surface area contributed by atoms with Crippen molar-refractivity contribution in [2.75, 3.05) is 0 Å². The molecule has 0 fully saturated rings. The van der Waals surface area contributed by atoms with Gasteiger partial charge in [0.15, 0.2) is 0 Å². The van der Waals surface area contributed by atoms with Gasteiger partial charge in [-0.2, -0.15) is 0 Å². The van der Waals surface area contributed by atoms with Gasteiger partial charge in [-0.15, -0.1) is 0 Å². The maximum absolute atomic E-state index is 12.1. The van der Waals surface area contributed by atoms with Crippen LogP contribution in [0.25, 0.3) is 0 Å². The first kappa shape index (κ1) is 13.8. The quantitative estimate of drug-likeness (QED) is 0.845. The number of amides is 2. The average molecular weight is 259 g/mol. The summed E-state index contributed by atoms with van der Waals surface area (Å²) >= 11 is 0. The summed E-state index contributed by atoms with van der Waals surface area (Å²) in [6.45, 7) is 8.34. The van der Waals surface area contributed by atoms with E-state index in [1.165, 1.54) is 11.1 Å². The van der Waals surface area contributed by atoms with Gasteiger partial charge >= 0.3 is 0 Å². The van der Waals surface area contributed by atoms with E-state index >= 15 is 0 Å². The molecular formula is C16H21NO2. The fraction of sp³-hybridized carbons (Fsp3) is 0.500. The maximum Gasteiger partial charge on any atom is 0.259 e. The topological polar surface area (TPSA) is 46.2 Å². The van der Waals surface area contributed by atoms with Crippen LogP contribution in [0.4, 0.5) is 0 Å². The monoisotopic (exact) mass is 259 g/mol. The summed E-state index contributed by atoms with van der Waals surface area (Å²) in [5.41, 5.74) is 5.94. The van der Waals surface area contributed by atoms with E-state index < -0.39 is 0 Å². The Bertz CT molecular complexity index is 510. The number of carbonyl (C=O) groups is 2. The van der Waals surface area contributed by atoms with Crippen molar-refractivity contribution in [1.29, 1.82) is 0 Å². The summed E-state index contributed by atoms with van der Waals surface area (Å²) in [5.74, 6) is -0.437. The summed E-state index contributed by atoms with van der Waals surface area (Å²) in [7, 11) is 0. The van der Waals surface area contributed by atoms with E-state index in [9.17, 15) is 9.59 Å². The van der Waals surface area contributed by atoms with Crippen LogP contribution in [0.3, 0.4) is 0 Å². The third kappa shape index (κ3) is 1.88. The third-order valence-electron chi connectivity index (χ3n) is 4.04. The fourth-order valence-electron chi connectivity index (χ4n) is 3.33. The Kier molecular flexibility index (Phi) is 3.74. The predicted octanol–water partition coefficient (Wildman–Crippen LogP) is 2.82. The van der Waals surface area contributed by atoms with Crippen LogP contribution in [-0.4, -0.2) is 11.8 Å². The van der Waals surface area contributed by atoms with Crippen molar-refractivity contribution in [2.24, 2.45) is 0 Å². The highest BCUT2D eigenvalue weighted by molar-refractivity contribution is 6.23. The largest absolute Gasteiger partial charge is 0.288 e. The Balaban J connectivity index is 2.91. The highest BCUT2D eigenvalue weighted by Gasteiger charge is 2.34. The molecular weight excluding hydrogens is 238 g/mol. The highest BCUT2D eigenvalue weighted by Crippen LogP contribution is 2.33. The van der Waals surface area contributed by atoms with E-state index in [1.54, 1.807) is 0 Å². The summed E-state index contributed by atoms with van der Waals surface area (Å²) in [6.07, 6.45) is 3.41. The molecule has 0 bridgehead atoms. The first-order valence-corrected chi connectivity index (χ1v) is 7.15. The van der Waals surface area contributed by atoms with Crippen molar-refractivity contribution in [3.05, 3.63) is 33.4 Å². The molecule has 1 aliphatic heterocycles. The van der Waals surface area contributed by atoms with E-state index in [2.05, 4.69) is 33.0 Å². The number of benzene rings is 1. The van der Waals surface area contributed by atoms with Gasteiger partial charge in [-0.05, 0) is 47.9 Å². The molecule has 0 spiro atoms. The lowest BCUT2D eigenvalue weighted by Crippen LogP contribution is -2.20. The number of imide groups is 1. The zero-order chi connectivity index (χ0) is 14.2. The Morgan fingerprint density at radius 3 is 1.21 bits per heavy atom. The number of nitrogens with one attached hydrogen (secondary N) is 1. The van der Waals surface area contributed by atoms with Crippen molar-refractivity contribution in [3.8, 4) is 0 Å². The molecule has 3 nitrogen and oxygen atoms in total. The van der Waals surface area contributed by atoms with Crippen molar-refractivity contribution in [2.45, 2.75) is 53.4 Å². The lowest BCUT2D eigenvalue weighted by Gasteiger charge is -2.19. The summed E-state index contributed by atoms with van der Waals surface area (Å²) in [4.78, 5) is 24.1. The Morgan fingerprint density at radius 2 is 0.947 bits per heavy atom. The molecule has 0 aliphatic carbocycles. The van der Waals surface area contributed by atoms with Crippen LogP contribution >= 0.6 is 0 Å². The van der Waals surface area contributed by atoms with E-state index in [4.69, 9.17) is 0 Å². The molecule has 1 aromatic rings. The van der Waals surface area contributed by atoms with Crippen LogP contribution in [0.1, 0.15) is 70.7 Å². The van der Waals surface area contributed by atoms with Crippen molar-refractivity contribution in [3.63, 3.8) is 0 Å². The predicted molar refractivity (Wildman–Crippen MR) is 75.8 cm³/mol. The van der Waals surface area contributed by atoms with Crippen LogP contribution < -0.4 is 5.32 Å². The number of rotatable bonds is 4. The van der Waals surface area contributed by atoms with Crippen molar-refractivity contribution in [1.82, 2.24) is 5.32 Å². The van der Waals surface area contributed by atoms with Crippen LogP contribution in [0.15, 0.2) is 0 Å². The second-order valence-corrected chi connectivity index (χ2v) is 4.86. The molecule has 0 saturated heterocycles. The minimum atomic E-state index is -0.219. The summed E-state index contributed by atoms with van der Waals surface area (Å²) < 4.78 is 0. The Morgan fingerprint density at radius 1 is 0.632 bits per heavy atom. The van der Waals surface area contributed by atoms with Crippen molar-refractivity contribution >= 4 is 11.8 Å². The number of hydrogen-bond acceptors (Lipinski definition) is 2. The number of fused-ring (bicyclic) bond motifs is 1. The summed E-state index contributed by atoms with van der Waals surface area (Å²) in [5, 5.41) is 2.46. The van der Waals surface area contributed by atoms with Gasteiger partial charge in [0.1, 0.15) is 0 Å². The SMILES string of the molecule is CCc1c(CC)c(CC)c2c(c1CC)C(=O)NC2=O. The van der Waals surface area contributed by atoms with Crippen LogP contribution in [-0.2, 0) is 25.7 Å². The highest BCUT2D eigenvalue weighted by atomic mass is 16.2. The molecule has 0 unspecified atom stereocenters. The normalized spacial score (nSPS) is 13.7. The minimum Gasteiger partial charge on any atom is -0.288 e. The maximum atomic E-state index is 12.1. The number of carbonyl (C=O) groups excluding carboxylic acids is 2. The smallest absolute Gasteiger partial charge is 0.259 e. The fourth-order valence-corrected chi connectivity index (χ4v) is 3.33. The second-order valence-electron chi connectivity index (χ2n) is 4.86. The van der Waals surface area contributed by atoms with Gasteiger partial charge in [0.25, 0.3) is 11.8 Å². The van der Waals surface area contributed by atoms with Gasteiger partial charge < -0.3 is 0 Å². The van der Waals surface area contributed by atoms with E-state index in [1.807, 2.05) is 0 Å². The molecule has 0 saturated carbocycles. The molecule has 2 rings (SSSR count). The Hall–Kier alpha value is -1.64. The molecule has 3 heteroatoms. The van der Waals surface area contributed by atoms with Crippen LogP contribution in [0.5, 0.6) is 0 Å². The lowest BCUT2D eigenvalue weighted by atomic mass is 9.83. The van der Waals surface area contributed by atoms with Gasteiger partial charge in [0.05, 0.1) is 11.1 Å². The first-order valence-electron chi connectivity index (χ1n) is 7.15. The molecule has 1 aliphatic rings. The zero-order valence-corrected chi connectivity index (χ0v) is 12.1. The van der Waals surface area contributed by atoms with Crippen LogP contribution in [0, 0.1) is 0 Å². The van der Waals surface area contributed by atoms with E-state index in [0.29, 0.717) is 11.1 Å². The van der Waals surface area contributed by atoms with Gasteiger partial charge in [-0.1, -0.05) is 27.7 Å². The molecule has 0 radical (unpaired) electrons. The van der Waals surface area contributed by atoms with E-state index in [0.717, 1.165) is 36.8 Å². The molecule has 0 atom stereocenters. The average Bonchev–Trinajstić information content (AvgIpc) is 2.71. The summed E-state index contributed by atoms with van der Waals surface area (Å²) in [6, 6.07) is 0. The minimum absolute atomic E-state index is 0.219. The van der Waals surface area contributed by atoms with Gasteiger partial charge in [0, 0.05) is 0 Å². The Labute approximate surface area is 114 Å². The standard InChI is InChI=1S/C16H21NO2/c1-5-9-10(6-2)12(8-4)14-13(11(9)7-3)15(18)17-16(14)19/h5-8H2,1-4H3,(H,17,18,19). The molecule has 0 aromatic heterocycles. The molecule has 2 amide bonds. The molecule has 19 heavy (non-hydrogen) atoms. The van der Waals surface area contributed by atoms with Gasteiger partial charge in [0.2, 0.25) is 0 Å². The molecule has 102 valence electrons. The number of hydrogen-bond donors (Lipinski definition) is 1. The van der Waals surface area contributed by atoms with Crippen LogP contribution in [0.2, 0.25) is 0 Å². The lowest BCUT2D eigenvalue weighted by molar-refractivity contribution is 0.0879. The van der Waals surface area contributed by atoms with E-state index in [-0.39, 0.29) is 11.8 Å². The first-order chi connectivity index (χ1) is 9.10. The second kappa shape index (κ2) is 5.16. The zero-order valence-electron chi connectivity index (χ0n) is 12.1. The third-order valence-corrected chi connectivity index (χ3v) is 4.04. The molecule has 1 heterocycles. The molecule has 1 aromatic carbocycles. The van der Waals surface area contributed by atoms with Crippen molar-refractivity contribution < 1.29 is 9.59 Å². The van der Waals surface area contributed by atoms with Gasteiger partial charge in [-0.3, -0.25) is 14.9 Å². The molecule has 1 N–H and O–H groups in total.